The topological polar surface area (TPSA) is 27.7 Å². The van der Waals surface area contributed by atoms with E-state index in [1.54, 1.807) is 14.2 Å². The van der Waals surface area contributed by atoms with Gasteiger partial charge in [0.15, 0.2) is 0 Å². The molecule has 0 aromatic rings. The molecule has 0 amide bonds. The maximum atomic E-state index is 6.62. The Bertz CT molecular complexity index is 359. The third kappa shape index (κ3) is 2.05. The summed E-state index contributed by atoms with van der Waals surface area (Å²) in [4.78, 5) is 0. The van der Waals surface area contributed by atoms with Crippen LogP contribution in [0.1, 0.15) is 55.4 Å². The zero-order valence-electron chi connectivity index (χ0n) is 15.1. The van der Waals surface area contributed by atoms with Crippen LogP contribution in [0, 0.1) is 16.2 Å². The molecule has 3 nitrogen and oxygen atoms in total. The number of hydrogen-bond acceptors (Lipinski definition) is 3. The summed E-state index contributed by atoms with van der Waals surface area (Å²) in [7, 11) is 3.51. The lowest BCUT2D eigenvalue weighted by Gasteiger charge is -2.70. The third-order valence-electron chi connectivity index (χ3n) is 6.93. The van der Waals surface area contributed by atoms with Crippen LogP contribution >= 0.6 is 0 Å². The minimum atomic E-state index is -0.331. The quantitative estimate of drug-likeness (QED) is 0.784. The minimum absolute atomic E-state index is 0.0189. The van der Waals surface area contributed by atoms with Crippen LogP contribution < -0.4 is 0 Å². The average molecular weight is 286 g/mol. The van der Waals surface area contributed by atoms with E-state index >= 15 is 0 Å². The van der Waals surface area contributed by atoms with Gasteiger partial charge in [-0.25, -0.2) is 0 Å². The van der Waals surface area contributed by atoms with E-state index in [4.69, 9.17) is 14.2 Å². The van der Waals surface area contributed by atoms with Gasteiger partial charge in [-0.3, -0.25) is 0 Å². The Balaban J connectivity index is 3.45. The number of hydrogen-bond donors (Lipinski definition) is 0. The molecule has 3 heteroatoms. The summed E-state index contributed by atoms with van der Waals surface area (Å²) in [6.07, 6.45) is 0. The second-order valence-electron chi connectivity index (χ2n) is 8.29. The van der Waals surface area contributed by atoms with E-state index in [1.807, 2.05) is 0 Å². The summed E-state index contributed by atoms with van der Waals surface area (Å²) in [6.45, 7) is 19.3. The van der Waals surface area contributed by atoms with E-state index in [-0.39, 0.29) is 27.4 Å². The molecular weight excluding hydrogens is 252 g/mol. The van der Waals surface area contributed by atoms with Crippen molar-refractivity contribution in [2.45, 2.75) is 66.6 Å². The fourth-order valence-corrected chi connectivity index (χ4v) is 4.03. The Labute approximate surface area is 125 Å². The van der Waals surface area contributed by atoms with Gasteiger partial charge in [-0.2, -0.15) is 0 Å². The van der Waals surface area contributed by atoms with Crippen molar-refractivity contribution in [1.29, 1.82) is 0 Å². The van der Waals surface area contributed by atoms with E-state index in [0.717, 1.165) is 0 Å². The van der Waals surface area contributed by atoms with Gasteiger partial charge in [0.25, 0.3) is 0 Å². The fraction of sp³-hybridized carbons (Fsp3) is 1.00. The van der Waals surface area contributed by atoms with Gasteiger partial charge in [-0.05, 0) is 26.2 Å². The second kappa shape index (κ2) is 4.96. The summed E-state index contributed by atoms with van der Waals surface area (Å²) < 4.78 is 17.7. The number of methoxy groups -OCH3 is 2. The Morgan fingerprint density at radius 3 is 1.55 bits per heavy atom. The van der Waals surface area contributed by atoms with Gasteiger partial charge in [-0.15, -0.1) is 0 Å². The molecule has 0 aromatic heterocycles. The molecule has 0 aromatic carbocycles. The highest BCUT2D eigenvalue weighted by Gasteiger charge is 2.68. The molecule has 1 saturated heterocycles. The lowest BCUT2D eigenvalue weighted by atomic mass is 9.44. The van der Waals surface area contributed by atoms with Crippen molar-refractivity contribution in [1.82, 2.24) is 0 Å². The van der Waals surface area contributed by atoms with Crippen LogP contribution in [0.3, 0.4) is 0 Å². The van der Waals surface area contributed by atoms with Crippen molar-refractivity contribution in [2.75, 3.05) is 27.4 Å². The standard InChI is InChI=1S/C17H34O3/c1-13(2)14(3,4)17(8,12-19-10)20-15(5,6)16(13,7)11-18-9/h11-12H2,1-10H3. The van der Waals surface area contributed by atoms with Crippen LogP contribution in [0.4, 0.5) is 0 Å². The van der Waals surface area contributed by atoms with Crippen molar-refractivity contribution in [3.05, 3.63) is 0 Å². The van der Waals surface area contributed by atoms with E-state index < -0.39 is 0 Å². The first-order valence-electron chi connectivity index (χ1n) is 7.51. The van der Waals surface area contributed by atoms with Crippen molar-refractivity contribution in [2.24, 2.45) is 16.2 Å². The highest BCUT2D eigenvalue weighted by atomic mass is 16.6. The van der Waals surface area contributed by atoms with Crippen LogP contribution in [0.25, 0.3) is 0 Å². The van der Waals surface area contributed by atoms with Crippen molar-refractivity contribution in [3.63, 3.8) is 0 Å². The molecule has 0 bridgehead atoms. The van der Waals surface area contributed by atoms with Crippen molar-refractivity contribution in [3.8, 4) is 0 Å². The molecule has 2 atom stereocenters. The summed E-state index contributed by atoms with van der Waals surface area (Å²) >= 11 is 0. The molecule has 0 spiro atoms. The summed E-state index contributed by atoms with van der Waals surface area (Å²) in [5.41, 5.74) is -0.757. The molecule has 0 N–H and O–H groups in total. The SMILES string of the molecule is COCC1(C)OC(C)(C)C(C)(COC)C(C)(C)C1(C)C. The predicted octanol–water partition coefficient (Wildman–Crippen LogP) is 3.91. The van der Waals surface area contributed by atoms with Gasteiger partial charge in [0.05, 0.1) is 24.4 Å². The zero-order valence-corrected chi connectivity index (χ0v) is 15.1. The van der Waals surface area contributed by atoms with Crippen molar-refractivity contribution >= 4 is 0 Å². The highest BCUT2D eigenvalue weighted by molar-refractivity contribution is 5.16. The zero-order chi connectivity index (χ0) is 16.0. The van der Waals surface area contributed by atoms with Gasteiger partial charge in [0.2, 0.25) is 0 Å². The third-order valence-corrected chi connectivity index (χ3v) is 6.93. The Morgan fingerprint density at radius 1 is 0.700 bits per heavy atom. The molecule has 1 fully saturated rings. The van der Waals surface area contributed by atoms with E-state index in [9.17, 15) is 0 Å². The van der Waals surface area contributed by atoms with Crippen molar-refractivity contribution < 1.29 is 14.2 Å². The fourth-order valence-electron chi connectivity index (χ4n) is 4.03. The highest BCUT2D eigenvalue weighted by Crippen LogP contribution is 2.66. The molecule has 1 rings (SSSR count). The largest absolute Gasteiger partial charge is 0.384 e. The van der Waals surface area contributed by atoms with Crippen LogP contribution in [0.5, 0.6) is 0 Å². The molecule has 1 heterocycles. The van der Waals surface area contributed by atoms with Gasteiger partial charge in [-0.1, -0.05) is 34.6 Å². The first kappa shape index (κ1) is 17.9. The number of rotatable bonds is 4. The molecule has 120 valence electrons. The molecule has 0 radical (unpaired) electrons. The smallest absolute Gasteiger partial charge is 0.0950 e. The van der Waals surface area contributed by atoms with Crippen LogP contribution in [0.15, 0.2) is 0 Å². The first-order valence-corrected chi connectivity index (χ1v) is 7.51. The lowest BCUT2D eigenvalue weighted by molar-refractivity contribution is -0.349. The molecule has 1 aliphatic heterocycles. The maximum absolute atomic E-state index is 6.62. The lowest BCUT2D eigenvalue weighted by Crippen LogP contribution is -2.73. The average Bonchev–Trinajstić information content (AvgIpc) is 2.26. The van der Waals surface area contributed by atoms with Gasteiger partial charge < -0.3 is 14.2 Å². The van der Waals surface area contributed by atoms with Crippen LogP contribution in [-0.2, 0) is 14.2 Å². The van der Waals surface area contributed by atoms with Gasteiger partial charge >= 0.3 is 0 Å². The number of ether oxygens (including phenoxy) is 3. The maximum Gasteiger partial charge on any atom is 0.0950 e. The normalized spacial score (nSPS) is 38.7. The molecule has 0 aliphatic carbocycles. The van der Waals surface area contributed by atoms with E-state index in [0.29, 0.717) is 13.2 Å². The second-order valence-corrected chi connectivity index (χ2v) is 8.29. The van der Waals surface area contributed by atoms with Gasteiger partial charge in [0.1, 0.15) is 0 Å². The molecule has 0 saturated carbocycles. The van der Waals surface area contributed by atoms with Gasteiger partial charge in [0, 0.05) is 25.0 Å². The van der Waals surface area contributed by atoms with E-state index in [1.165, 1.54) is 0 Å². The van der Waals surface area contributed by atoms with E-state index in [2.05, 4.69) is 55.4 Å². The molecule has 20 heavy (non-hydrogen) atoms. The first-order chi connectivity index (χ1) is 8.83. The Hall–Kier alpha value is -0.120. The molecule has 2 unspecified atom stereocenters. The summed E-state index contributed by atoms with van der Waals surface area (Å²) in [5.74, 6) is 0. The minimum Gasteiger partial charge on any atom is -0.384 e. The Kier molecular flexibility index (Phi) is 4.45. The predicted molar refractivity (Wildman–Crippen MR) is 83.0 cm³/mol. The molecular formula is C17H34O3. The van der Waals surface area contributed by atoms with Crippen LogP contribution in [0.2, 0.25) is 0 Å². The Morgan fingerprint density at radius 2 is 1.15 bits per heavy atom. The molecule has 1 aliphatic rings. The monoisotopic (exact) mass is 286 g/mol. The van der Waals surface area contributed by atoms with Crippen LogP contribution in [-0.4, -0.2) is 38.6 Å². The summed E-state index contributed by atoms with van der Waals surface area (Å²) in [5, 5.41) is 0. The summed E-state index contributed by atoms with van der Waals surface area (Å²) in [6, 6.07) is 0.